The van der Waals surface area contributed by atoms with E-state index < -0.39 is 11.8 Å². The highest BCUT2D eigenvalue weighted by atomic mass is 127. The molecule has 0 atom stereocenters. The third-order valence-corrected chi connectivity index (χ3v) is 3.81. The van der Waals surface area contributed by atoms with Crippen molar-refractivity contribution >= 4 is 46.3 Å². The lowest BCUT2D eigenvalue weighted by Crippen LogP contribution is -2.32. The van der Waals surface area contributed by atoms with Crippen LogP contribution in [-0.2, 0) is 9.59 Å². The largest absolute Gasteiger partial charge is 0.329 e. The number of benzene rings is 2. The second kappa shape index (κ2) is 7.87. The molecule has 0 heterocycles. The van der Waals surface area contributed by atoms with E-state index in [2.05, 4.69) is 38.4 Å². The van der Waals surface area contributed by atoms with Gasteiger partial charge in [0, 0.05) is 9.26 Å². The predicted molar refractivity (Wildman–Crippen MR) is 99.4 cm³/mol. The van der Waals surface area contributed by atoms with Gasteiger partial charge in [-0.05, 0) is 65.8 Å². The molecule has 0 saturated carbocycles. The van der Waals surface area contributed by atoms with Crippen molar-refractivity contribution < 1.29 is 9.59 Å². The molecule has 2 aromatic carbocycles. The Hall–Kier alpha value is -2.22. The molecule has 0 aromatic heterocycles. The Balaban J connectivity index is 1.92. The van der Waals surface area contributed by atoms with Gasteiger partial charge in [-0.2, -0.15) is 5.10 Å². The van der Waals surface area contributed by atoms with E-state index in [9.17, 15) is 9.59 Å². The van der Waals surface area contributed by atoms with Gasteiger partial charge in [0.2, 0.25) is 0 Å². The van der Waals surface area contributed by atoms with Crippen LogP contribution in [0.4, 0.5) is 5.69 Å². The van der Waals surface area contributed by atoms with Gasteiger partial charge in [-0.3, -0.25) is 9.59 Å². The average Bonchev–Trinajstić information content (AvgIpc) is 2.51. The fourth-order valence-corrected chi connectivity index (χ4v) is 2.26. The standard InChI is InChI=1S/C17H16IN3O2/c1-11-3-8-15(12(2)9-11)20-16(22)17(23)21-19-10-13-4-6-14(18)7-5-13/h3-10H,1-2H3,(H,20,22)(H,21,23). The van der Waals surface area contributed by atoms with Gasteiger partial charge in [0.1, 0.15) is 0 Å². The molecule has 0 aliphatic heterocycles. The number of halogens is 1. The molecule has 0 saturated heterocycles. The van der Waals surface area contributed by atoms with Gasteiger partial charge in [0.15, 0.2) is 0 Å². The van der Waals surface area contributed by atoms with Crippen molar-refractivity contribution in [3.63, 3.8) is 0 Å². The van der Waals surface area contributed by atoms with Gasteiger partial charge in [0.05, 0.1) is 6.21 Å². The first kappa shape index (κ1) is 17.1. The Morgan fingerprint density at radius 1 is 1.04 bits per heavy atom. The molecule has 23 heavy (non-hydrogen) atoms. The van der Waals surface area contributed by atoms with Crippen molar-refractivity contribution in [1.29, 1.82) is 0 Å². The number of carbonyl (C=O) groups excluding carboxylic acids is 2. The highest BCUT2D eigenvalue weighted by Crippen LogP contribution is 2.15. The summed E-state index contributed by atoms with van der Waals surface area (Å²) in [6.07, 6.45) is 1.48. The van der Waals surface area contributed by atoms with E-state index in [1.165, 1.54) is 6.21 Å². The van der Waals surface area contributed by atoms with Gasteiger partial charge in [-0.15, -0.1) is 0 Å². The zero-order valence-electron chi connectivity index (χ0n) is 12.8. The maximum atomic E-state index is 11.8. The molecule has 0 aliphatic carbocycles. The first-order chi connectivity index (χ1) is 11.0. The fourth-order valence-electron chi connectivity index (χ4n) is 1.90. The minimum atomic E-state index is -0.813. The van der Waals surface area contributed by atoms with E-state index >= 15 is 0 Å². The average molecular weight is 421 g/mol. The molecular weight excluding hydrogens is 405 g/mol. The Morgan fingerprint density at radius 2 is 1.74 bits per heavy atom. The first-order valence-electron chi connectivity index (χ1n) is 6.93. The van der Waals surface area contributed by atoms with Crippen LogP contribution in [0, 0.1) is 17.4 Å². The van der Waals surface area contributed by atoms with Crippen molar-refractivity contribution in [3.05, 3.63) is 62.7 Å². The predicted octanol–water partition coefficient (Wildman–Crippen LogP) is 3.00. The number of amides is 2. The van der Waals surface area contributed by atoms with Crippen LogP contribution in [0.5, 0.6) is 0 Å². The van der Waals surface area contributed by atoms with E-state index in [1.807, 2.05) is 50.2 Å². The lowest BCUT2D eigenvalue weighted by atomic mass is 10.1. The van der Waals surface area contributed by atoms with Crippen molar-refractivity contribution in [1.82, 2.24) is 5.43 Å². The van der Waals surface area contributed by atoms with Crippen LogP contribution >= 0.6 is 22.6 Å². The minimum absolute atomic E-state index is 0.609. The van der Waals surface area contributed by atoms with E-state index in [0.717, 1.165) is 20.3 Å². The molecule has 2 rings (SSSR count). The number of carbonyl (C=O) groups is 2. The van der Waals surface area contributed by atoms with Crippen LogP contribution in [0.3, 0.4) is 0 Å². The van der Waals surface area contributed by atoms with Gasteiger partial charge >= 0.3 is 11.8 Å². The van der Waals surface area contributed by atoms with Gasteiger partial charge in [0.25, 0.3) is 0 Å². The Morgan fingerprint density at radius 3 is 2.39 bits per heavy atom. The van der Waals surface area contributed by atoms with E-state index in [4.69, 9.17) is 0 Å². The van der Waals surface area contributed by atoms with Gasteiger partial charge < -0.3 is 5.32 Å². The fraction of sp³-hybridized carbons (Fsp3) is 0.118. The van der Waals surface area contributed by atoms with E-state index in [-0.39, 0.29) is 0 Å². The molecular formula is C17H16IN3O2. The van der Waals surface area contributed by atoms with Crippen molar-refractivity contribution in [3.8, 4) is 0 Å². The van der Waals surface area contributed by atoms with Crippen LogP contribution in [0.25, 0.3) is 0 Å². The number of hydrogen-bond acceptors (Lipinski definition) is 3. The monoisotopic (exact) mass is 421 g/mol. The molecule has 0 aliphatic rings. The summed E-state index contributed by atoms with van der Waals surface area (Å²) < 4.78 is 1.11. The van der Waals surface area contributed by atoms with Crippen LogP contribution < -0.4 is 10.7 Å². The van der Waals surface area contributed by atoms with Crippen molar-refractivity contribution in [2.45, 2.75) is 13.8 Å². The third-order valence-electron chi connectivity index (χ3n) is 3.09. The smallest absolute Gasteiger partial charge is 0.317 e. The zero-order chi connectivity index (χ0) is 16.8. The molecule has 0 spiro atoms. The summed E-state index contributed by atoms with van der Waals surface area (Å²) in [5, 5.41) is 6.35. The third kappa shape index (κ3) is 5.17. The van der Waals surface area contributed by atoms with E-state index in [0.29, 0.717) is 5.69 Å². The van der Waals surface area contributed by atoms with Crippen LogP contribution in [-0.4, -0.2) is 18.0 Å². The number of anilines is 1. The quantitative estimate of drug-likeness (QED) is 0.346. The molecule has 0 fully saturated rings. The highest BCUT2D eigenvalue weighted by Gasteiger charge is 2.13. The minimum Gasteiger partial charge on any atom is -0.317 e. The first-order valence-corrected chi connectivity index (χ1v) is 8.01. The lowest BCUT2D eigenvalue weighted by Gasteiger charge is -2.08. The SMILES string of the molecule is Cc1ccc(NC(=O)C(=O)NN=Cc2ccc(I)cc2)c(C)c1. The topological polar surface area (TPSA) is 70.6 Å². The normalized spacial score (nSPS) is 10.6. The number of rotatable bonds is 3. The number of hydrazone groups is 1. The van der Waals surface area contributed by atoms with Crippen LogP contribution in [0.15, 0.2) is 47.6 Å². The molecule has 0 unspecified atom stereocenters. The Bertz CT molecular complexity index is 755. The van der Waals surface area contributed by atoms with Crippen molar-refractivity contribution in [2.75, 3.05) is 5.32 Å². The Labute approximate surface area is 148 Å². The number of aryl methyl sites for hydroxylation is 2. The van der Waals surface area contributed by atoms with E-state index in [1.54, 1.807) is 6.07 Å². The maximum absolute atomic E-state index is 11.8. The molecule has 118 valence electrons. The molecule has 2 amide bonds. The summed E-state index contributed by atoms with van der Waals surface area (Å²) in [7, 11) is 0. The van der Waals surface area contributed by atoms with Crippen LogP contribution in [0.2, 0.25) is 0 Å². The molecule has 6 heteroatoms. The molecule has 2 aromatic rings. The molecule has 0 bridgehead atoms. The molecule has 2 N–H and O–H groups in total. The number of hydrogen-bond donors (Lipinski definition) is 2. The lowest BCUT2D eigenvalue weighted by molar-refractivity contribution is -0.136. The highest BCUT2D eigenvalue weighted by molar-refractivity contribution is 14.1. The van der Waals surface area contributed by atoms with Crippen molar-refractivity contribution in [2.24, 2.45) is 5.10 Å². The zero-order valence-corrected chi connectivity index (χ0v) is 14.9. The summed E-state index contributed by atoms with van der Waals surface area (Å²) in [6.45, 7) is 3.83. The number of nitrogens with one attached hydrogen (secondary N) is 2. The summed E-state index contributed by atoms with van der Waals surface area (Å²) in [5.74, 6) is -1.57. The second-order valence-electron chi connectivity index (χ2n) is 5.02. The second-order valence-corrected chi connectivity index (χ2v) is 6.27. The van der Waals surface area contributed by atoms with Gasteiger partial charge in [-0.1, -0.05) is 29.8 Å². The maximum Gasteiger partial charge on any atom is 0.329 e. The summed E-state index contributed by atoms with van der Waals surface area (Å²) in [4.78, 5) is 23.6. The molecule has 0 radical (unpaired) electrons. The Kier molecular flexibility index (Phi) is 5.86. The summed E-state index contributed by atoms with van der Waals surface area (Å²) >= 11 is 2.20. The van der Waals surface area contributed by atoms with Crippen LogP contribution in [0.1, 0.15) is 16.7 Å². The summed E-state index contributed by atoms with van der Waals surface area (Å²) in [6, 6.07) is 13.2. The van der Waals surface area contributed by atoms with Gasteiger partial charge in [-0.25, -0.2) is 5.43 Å². The number of nitrogens with zero attached hydrogens (tertiary/aromatic N) is 1. The summed E-state index contributed by atoms with van der Waals surface area (Å²) in [5.41, 5.74) is 5.64. The molecule has 5 nitrogen and oxygen atoms in total.